The van der Waals surface area contributed by atoms with E-state index in [-0.39, 0.29) is 24.0 Å². The van der Waals surface area contributed by atoms with Gasteiger partial charge in [0.2, 0.25) is 0 Å². The topological polar surface area (TPSA) is 81.1 Å². The molecule has 0 amide bonds. The Balaban J connectivity index is 0.00000243. The van der Waals surface area contributed by atoms with Gasteiger partial charge >= 0.3 is 0 Å². The highest BCUT2D eigenvalue weighted by atomic mass is 127. The number of fused-ring (bicyclic) bond motifs is 1. The maximum atomic E-state index is 5.92. The first-order valence-electron chi connectivity index (χ1n) is 8.59. The summed E-state index contributed by atoms with van der Waals surface area (Å²) in [6.45, 7) is 4.35. The molecule has 0 unspecified atom stereocenters. The number of para-hydroxylation sites is 2. The first-order chi connectivity index (χ1) is 12.2. The van der Waals surface area contributed by atoms with Gasteiger partial charge in [-0.25, -0.2) is 4.98 Å². The van der Waals surface area contributed by atoms with Crippen LogP contribution in [0.15, 0.2) is 53.7 Å². The lowest BCUT2D eigenvalue weighted by molar-refractivity contribution is 0.647. The largest absolute Gasteiger partial charge is 0.370 e. The SMILES string of the molecule is Cc1nc2ccccc2n1CCCN=C(N)NCCc1ccccn1.I. The number of hydrogen-bond acceptors (Lipinski definition) is 3. The molecule has 0 aliphatic carbocycles. The van der Waals surface area contributed by atoms with Gasteiger partial charge in [-0.05, 0) is 37.6 Å². The Labute approximate surface area is 171 Å². The van der Waals surface area contributed by atoms with Crippen molar-refractivity contribution in [3.8, 4) is 0 Å². The molecule has 6 nitrogen and oxygen atoms in total. The zero-order valence-electron chi connectivity index (χ0n) is 14.9. The molecule has 138 valence electrons. The number of nitrogens with zero attached hydrogens (tertiary/aromatic N) is 4. The fourth-order valence-electron chi connectivity index (χ4n) is 2.83. The number of aryl methyl sites for hydroxylation is 2. The van der Waals surface area contributed by atoms with Crippen LogP contribution in [0.5, 0.6) is 0 Å². The van der Waals surface area contributed by atoms with E-state index in [1.165, 1.54) is 5.52 Å². The second kappa shape index (κ2) is 10.1. The molecule has 26 heavy (non-hydrogen) atoms. The second-order valence-corrected chi connectivity index (χ2v) is 5.92. The lowest BCUT2D eigenvalue weighted by atomic mass is 10.3. The van der Waals surface area contributed by atoms with Crippen molar-refractivity contribution in [2.45, 2.75) is 26.3 Å². The van der Waals surface area contributed by atoms with Crippen molar-refractivity contribution in [2.24, 2.45) is 10.7 Å². The van der Waals surface area contributed by atoms with Gasteiger partial charge in [-0.15, -0.1) is 24.0 Å². The minimum Gasteiger partial charge on any atom is -0.370 e. The highest BCUT2D eigenvalue weighted by Gasteiger charge is 2.05. The van der Waals surface area contributed by atoms with E-state index < -0.39 is 0 Å². The number of guanidine groups is 1. The van der Waals surface area contributed by atoms with Gasteiger partial charge in [-0.3, -0.25) is 9.98 Å². The van der Waals surface area contributed by atoms with Gasteiger partial charge in [0.15, 0.2) is 5.96 Å². The Morgan fingerprint density at radius 1 is 1.19 bits per heavy atom. The van der Waals surface area contributed by atoms with Crippen LogP contribution in [0.25, 0.3) is 11.0 Å². The third-order valence-electron chi connectivity index (χ3n) is 4.08. The van der Waals surface area contributed by atoms with Crippen molar-refractivity contribution in [3.63, 3.8) is 0 Å². The van der Waals surface area contributed by atoms with Crippen LogP contribution in [0.1, 0.15) is 17.9 Å². The van der Waals surface area contributed by atoms with Gasteiger partial charge in [-0.2, -0.15) is 0 Å². The Kier molecular flexibility index (Phi) is 7.83. The molecule has 2 heterocycles. The van der Waals surface area contributed by atoms with Crippen molar-refractivity contribution >= 4 is 41.0 Å². The van der Waals surface area contributed by atoms with E-state index in [4.69, 9.17) is 5.73 Å². The monoisotopic (exact) mass is 464 g/mol. The Morgan fingerprint density at radius 3 is 2.81 bits per heavy atom. The number of pyridine rings is 1. The van der Waals surface area contributed by atoms with Crippen LogP contribution in [0.3, 0.4) is 0 Å². The van der Waals surface area contributed by atoms with E-state index in [2.05, 4.69) is 30.9 Å². The second-order valence-electron chi connectivity index (χ2n) is 5.92. The summed E-state index contributed by atoms with van der Waals surface area (Å²) in [6, 6.07) is 14.1. The van der Waals surface area contributed by atoms with E-state index in [1.807, 2.05) is 43.3 Å². The van der Waals surface area contributed by atoms with Gasteiger partial charge in [-0.1, -0.05) is 18.2 Å². The Bertz CT molecular complexity index is 844. The van der Waals surface area contributed by atoms with E-state index in [9.17, 15) is 0 Å². The molecule has 3 N–H and O–H groups in total. The highest BCUT2D eigenvalue weighted by Crippen LogP contribution is 2.15. The molecule has 0 atom stereocenters. The van der Waals surface area contributed by atoms with E-state index >= 15 is 0 Å². The smallest absolute Gasteiger partial charge is 0.188 e. The molecule has 0 spiro atoms. The molecule has 3 rings (SSSR count). The average molecular weight is 464 g/mol. The van der Waals surface area contributed by atoms with Crippen LogP contribution in [-0.4, -0.2) is 33.6 Å². The van der Waals surface area contributed by atoms with Gasteiger partial charge < -0.3 is 15.6 Å². The molecular formula is C19H25IN6. The first-order valence-corrected chi connectivity index (χ1v) is 8.59. The van der Waals surface area contributed by atoms with Gasteiger partial charge in [0.1, 0.15) is 5.82 Å². The number of hydrogen-bond donors (Lipinski definition) is 2. The molecule has 0 aliphatic heterocycles. The predicted molar refractivity (Wildman–Crippen MR) is 117 cm³/mol. The lowest BCUT2D eigenvalue weighted by Crippen LogP contribution is -2.33. The van der Waals surface area contributed by atoms with Crippen molar-refractivity contribution in [1.82, 2.24) is 19.9 Å². The maximum Gasteiger partial charge on any atom is 0.188 e. The average Bonchev–Trinajstić information content (AvgIpc) is 2.95. The molecule has 3 aromatic rings. The van der Waals surface area contributed by atoms with E-state index in [0.29, 0.717) is 12.5 Å². The zero-order chi connectivity index (χ0) is 17.5. The van der Waals surface area contributed by atoms with Crippen LogP contribution >= 0.6 is 24.0 Å². The molecule has 1 aromatic carbocycles. The molecule has 0 fully saturated rings. The van der Waals surface area contributed by atoms with Crippen LogP contribution in [0, 0.1) is 6.92 Å². The zero-order valence-corrected chi connectivity index (χ0v) is 17.3. The molecular weight excluding hydrogens is 439 g/mol. The molecule has 0 radical (unpaired) electrons. The summed E-state index contributed by atoms with van der Waals surface area (Å²) in [6.07, 6.45) is 3.55. The molecule has 0 saturated carbocycles. The lowest BCUT2D eigenvalue weighted by Gasteiger charge is -2.07. The summed E-state index contributed by atoms with van der Waals surface area (Å²) in [4.78, 5) is 13.3. The summed E-state index contributed by atoms with van der Waals surface area (Å²) >= 11 is 0. The number of aliphatic imine (C=N–C) groups is 1. The predicted octanol–water partition coefficient (Wildman–Crippen LogP) is 2.89. The number of nitrogens with two attached hydrogens (primary N) is 1. The fourth-order valence-corrected chi connectivity index (χ4v) is 2.83. The van der Waals surface area contributed by atoms with E-state index in [1.54, 1.807) is 6.20 Å². The minimum atomic E-state index is 0. The van der Waals surface area contributed by atoms with Crippen molar-refractivity contribution in [3.05, 3.63) is 60.2 Å². The van der Waals surface area contributed by atoms with Crippen LogP contribution in [-0.2, 0) is 13.0 Å². The molecule has 2 aromatic heterocycles. The Hall–Kier alpha value is -2.16. The standard InChI is InChI=1S/C19H24N6.HI/c1-15-24-17-8-2-3-9-18(17)25(15)14-6-12-22-19(20)23-13-10-16-7-4-5-11-21-16;/h2-5,7-9,11H,6,10,12-14H2,1H3,(H3,20,22,23);1H. The van der Waals surface area contributed by atoms with Crippen molar-refractivity contribution < 1.29 is 0 Å². The summed E-state index contributed by atoms with van der Waals surface area (Å²) in [5.74, 6) is 1.52. The number of aromatic nitrogens is 3. The maximum absolute atomic E-state index is 5.92. The van der Waals surface area contributed by atoms with Crippen LogP contribution in [0.2, 0.25) is 0 Å². The third kappa shape index (κ3) is 5.42. The molecule has 0 saturated heterocycles. The number of rotatable bonds is 7. The van der Waals surface area contributed by atoms with Crippen molar-refractivity contribution in [1.29, 1.82) is 0 Å². The molecule has 0 bridgehead atoms. The van der Waals surface area contributed by atoms with Crippen molar-refractivity contribution in [2.75, 3.05) is 13.1 Å². The summed E-state index contributed by atoms with van der Waals surface area (Å²) in [5.41, 5.74) is 9.18. The normalized spacial score (nSPS) is 11.3. The third-order valence-corrected chi connectivity index (χ3v) is 4.08. The first kappa shape index (κ1) is 20.2. The number of halogens is 1. The summed E-state index contributed by atoms with van der Waals surface area (Å²) in [7, 11) is 0. The molecule has 0 aliphatic rings. The van der Waals surface area contributed by atoms with Gasteiger partial charge in [0.25, 0.3) is 0 Å². The summed E-state index contributed by atoms with van der Waals surface area (Å²) < 4.78 is 2.23. The summed E-state index contributed by atoms with van der Waals surface area (Å²) in [5, 5.41) is 3.13. The number of benzene rings is 1. The van der Waals surface area contributed by atoms with Gasteiger partial charge in [0.05, 0.1) is 11.0 Å². The quantitative estimate of drug-likeness (QED) is 0.244. The Morgan fingerprint density at radius 2 is 2.00 bits per heavy atom. The highest BCUT2D eigenvalue weighted by molar-refractivity contribution is 14.0. The van der Waals surface area contributed by atoms with Crippen LogP contribution < -0.4 is 11.1 Å². The van der Waals surface area contributed by atoms with Gasteiger partial charge in [0, 0.05) is 37.9 Å². The number of imidazole rings is 1. The van der Waals surface area contributed by atoms with E-state index in [0.717, 1.165) is 43.0 Å². The number of nitrogens with one attached hydrogen (secondary N) is 1. The van der Waals surface area contributed by atoms with Crippen LogP contribution in [0.4, 0.5) is 0 Å². The fraction of sp³-hybridized carbons (Fsp3) is 0.316. The minimum absolute atomic E-state index is 0. The molecule has 7 heteroatoms.